The number of amides is 2. The summed E-state index contributed by atoms with van der Waals surface area (Å²) in [7, 11) is 0. The molecule has 2 aliphatic rings. The van der Waals surface area contributed by atoms with Crippen LogP contribution in [-0.2, 0) is 9.59 Å². The third-order valence-corrected chi connectivity index (χ3v) is 5.83. The average molecular weight is 425 g/mol. The van der Waals surface area contributed by atoms with Gasteiger partial charge < -0.3 is 24.4 Å². The molecule has 1 N–H and O–H groups in total. The molecule has 30 heavy (non-hydrogen) atoms. The van der Waals surface area contributed by atoms with Crippen LogP contribution in [0, 0.1) is 0 Å². The van der Waals surface area contributed by atoms with Crippen LogP contribution in [0.5, 0.6) is 17.2 Å². The van der Waals surface area contributed by atoms with Gasteiger partial charge in [-0.05, 0) is 12.1 Å². The molecule has 3 heterocycles. The summed E-state index contributed by atoms with van der Waals surface area (Å²) < 4.78 is 17.6. The van der Waals surface area contributed by atoms with Crippen molar-refractivity contribution >= 4 is 44.2 Å². The molecule has 0 aliphatic carbocycles. The summed E-state index contributed by atoms with van der Waals surface area (Å²) in [6, 6.07) is 11.1. The fourth-order valence-corrected chi connectivity index (χ4v) is 4.38. The number of hydrogen-bond acceptors (Lipinski definition) is 7. The van der Waals surface area contributed by atoms with Gasteiger partial charge >= 0.3 is 0 Å². The predicted molar refractivity (Wildman–Crippen MR) is 113 cm³/mol. The number of nitrogens with zero attached hydrogens (tertiary/aromatic N) is 2. The normalized spacial score (nSPS) is 14.7. The molecule has 0 bridgehead atoms. The maximum absolute atomic E-state index is 12.7. The van der Waals surface area contributed by atoms with Crippen LogP contribution in [0.15, 0.2) is 36.4 Å². The van der Waals surface area contributed by atoms with Crippen molar-refractivity contribution in [2.24, 2.45) is 0 Å². The van der Waals surface area contributed by atoms with Crippen molar-refractivity contribution in [3.63, 3.8) is 0 Å². The van der Waals surface area contributed by atoms with Crippen LogP contribution >= 0.6 is 11.3 Å². The average Bonchev–Trinajstić information content (AvgIpc) is 3.16. The molecular weight excluding hydrogens is 406 g/mol. The molecule has 2 aliphatic heterocycles. The third-order valence-electron chi connectivity index (χ3n) is 4.89. The summed E-state index contributed by atoms with van der Waals surface area (Å²) >= 11 is 1.36. The molecule has 0 atom stereocenters. The van der Waals surface area contributed by atoms with Crippen molar-refractivity contribution in [3.05, 3.63) is 36.4 Å². The molecule has 0 saturated carbocycles. The fourth-order valence-electron chi connectivity index (χ4n) is 3.48. The second-order valence-electron chi connectivity index (χ2n) is 6.89. The highest BCUT2D eigenvalue weighted by molar-refractivity contribution is 7.22. The highest BCUT2D eigenvalue weighted by Gasteiger charge is 2.24. The van der Waals surface area contributed by atoms with E-state index in [-0.39, 0.29) is 24.7 Å². The van der Waals surface area contributed by atoms with Crippen LogP contribution in [0.4, 0.5) is 10.8 Å². The van der Waals surface area contributed by atoms with Gasteiger partial charge in [0.2, 0.25) is 11.8 Å². The molecule has 8 nitrogen and oxygen atoms in total. The largest absolute Gasteiger partial charge is 0.490 e. The van der Waals surface area contributed by atoms with E-state index in [1.807, 2.05) is 36.4 Å². The van der Waals surface area contributed by atoms with E-state index in [4.69, 9.17) is 14.2 Å². The Kier molecular flexibility index (Phi) is 4.88. The standard InChI is InChI=1S/C21H19N3O5S/c25-19(5-6-20(26)24-7-8-27-15-4-2-1-3-14(15)24)23-21-22-13-11-16-17(12-18(13)30-21)29-10-9-28-16/h1-4,11-12H,5-10H2,(H,22,23,25). The van der Waals surface area contributed by atoms with Gasteiger partial charge in [0.1, 0.15) is 25.6 Å². The minimum Gasteiger partial charge on any atom is -0.490 e. The van der Waals surface area contributed by atoms with E-state index in [0.29, 0.717) is 48.7 Å². The van der Waals surface area contributed by atoms with E-state index < -0.39 is 0 Å². The summed E-state index contributed by atoms with van der Waals surface area (Å²) in [6.07, 6.45) is 0.193. The molecule has 1 aromatic heterocycles. The summed E-state index contributed by atoms with van der Waals surface area (Å²) in [4.78, 5) is 31.2. The van der Waals surface area contributed by atoms with Crippen molar-refractivity contribution in [2.45, 2.75) is 12.8 Å². The Bertz CT molecular complexity index is 1090. The third kappa shape index (κ3) is 3.63. The van der Waals surface area contributed by atoms with Crippen molar-refractivity contribution < 1.29 is 23.8 Å². The first-order chi connectivity index (χ1) is 14.7. The zero-order chi connectivity index (χ0) is 20.5. The molecule has 0 fully saturated rings. The van der Waals surface area contributed by atoms with Crippen molar-refractivity contribution in [2.75, 3.05) is 36.6 Å². The molecule has 5 rings (SSSR count). The molecule has 3 aromatic rings. The molecule has 0 radical (unpaired) electrons. The van der Waals surface area contributed by atoms with Gasteiger partial charge in [-0.3, -0.25) is 9.59 Å². The van der Waals surface area contributed by atoms with Crippen LogP contribution in [0.25, 0.3) is 10.2 Å². The lowest BCUT2D eigenvalue weighted by atomic mass is 10.2. The quantitative estimate of drug-likeness (QED) is 0.690. The number of ether oxygens (including phenoxy) is 3. The maximum Gasteiger partial charge on any atom is 0.227 e. The van der Waals surface area contributed by atoms with E-state index in [1.165, 1.54) is 11.3 Å². The Morgan fingerprint density at radius 1 is 1.00 bits per heavy atom. The first kappa shape index (κ1) is 18.7. The van der Waals surface area contributed by atoms with Crippen molar-refractivity contribution in [1.29, 1.82) is 0 Å². The minimum atomic E-state index is -0.249. The Labute approximate surface area is 176 Å². The number of carbonyl (C=O) groups excluding carboxylic acids is 2. The lowest BCUT2D eigenvalue weighted by Gasteiger charge is -2.29. The number of benzene rings is 2. The van der Waals surface area contributed by atoms with Gasteiger partial charge in [-0.2, -0.15) is 0 Å². The zero-order valence-corrected chi connectivity index (χ0v) is 16.9. The van der Waals surface area contributed by atoms with E-state index in [2.05, 4.69) is 10.3 Å². The number of carbonyl (C=O) groups is 2. The molecule has 2 amide bonds. The zero-order valence-electron chi connectivity index (χ0n) is 16.1. The highest BCUT2D eigenvalue weighted by Crippen LogP contribution is 2.38. The van der Waals surface area contributed by atoms with Crippen LogP contribution < -0.4 is 24.4 Å². The Morgan fingerprint density at radius 2 is 1.77 bits per heavy atom. The van der Waals surface area contributed by atoms with E-state index >= 15 is 0 Å². The van der Waals surface area contributed by atoms with Crippen LogP contribution in [0.2, 0.25) is 0 Å². The van der Waals surface area contributed by atoms with E-state index in [1.54, 1.807) is 4.90 Å². The number of rotatable bonds is 4. The van der Waals surface area contributed by atoms with E-state index in [0.717, 1.165) is 15.9 Å². The Balaban J connectivity index is 1.22. The number of thiazole rings is 1. The molecule has 154 valence electrons. The number of para-hydroxylation sites is 2. The smallest absolute Gasteiger partial charge is 0.227 e. The monoisotopic (exact) mass is 425 g/mol. The van der Waals surface area contributed by atoms with Gasteiger partial charge in [0.15, 0.2) is 16.6 Å². The predicted octanol–water partition coefficient (Wildman–Crippen LogP) is 3.21. The molecule has 9 heteroatoms. The SMILES string of the molecule is O=C(CCC(=O)N1CCOc2ccccc21)Nc1nc2cc3c(cc2s1)OCCO3. The minimum absolute atomic E-state index is 0.0804. The van der Waals surface area contributed by atoms with Gasteiger partial charge in [0.05, 0.1) is 22.4 Å². The van der Waals surface area contributed by atoms with Crippen LogP contribution in [0.3, 0.4) is 0 Å². The molecule has 0 spiro atoms. The first-order valence-corrected chi connectivity index (χ1v) is 10.5. The molecule has 2 aromatic carbocycles. The van der Waals surface area contributed by atoms with Crippen LogP contribution in [0.1, 0.15) is 12.8 Å². The van der Waals surface area contributed by atoms with E-state index in [9.17, 15) is 9.59 Å². The lowest BCUT2D eigenvalue weighted by Crippen LogP contribution is -2.38. The van der Waals surface area contributed by atoms with Gasteiger partial charge in [0, 0.05) is 25.0 Å². The second-order valence-corrected chi connectivity index (χ2v) is 7.92. The van der Waals surface area contributed by atoms with Gasteiger partial charge in [-0.15, -0.1) is 0 Å². The first-order valence-electron chi connectivity index (χ1n) is 9.69. The number of anilines is 2. The highest BCUT2D eigenvalue weighted by atomic mass is 32.1. The van der Waals surface area contributed by atoms with Gasteiger partial charge in [0.25, 0.3) is 0 Å². The fraction of sp³-hybridized carbons (Fsp3) is 0.286. The molecular formula is C21H19N3O5S. The summed E-state index contributed by atoms with van der Waals surface area (Å²) in [5.74, 6) is 1.68. The summed E-state index contributed by atoms with van der Waals surface area (Å²) in [5.41, 5.74) is 1.48. The second kappa shape index (κ2) is 7.83. The number of fused-ring (bicyclic) bond motifs is 3. The summed E-state index contributed by atoms with van der Waals surface area (Å²) in [6.45, 7) is 1.94. The van der Waals surface area contributed by atoms with Crippen molar-refractivity contribution in [1.82, 2.24) is 4.98 Å². The number of hydrogen-bond donors (Lipinski definition) is 1. The Morgan fingerprint density at radius 3 is 2.63 bits per heavy atom. The summed E-state index contributed by atoms with van der Waals surface area (Å²) in [5, 5.41) is 3.28. The number of nitrogens with one attached hydrogen (secondary N) is 1. The topological polar surface area (TPSA) is 90.0 Å². The molecule has 0 saturated heterocycles. The molecule has 0 unspecified atom stereocenters. The van der Waals surface area contributed by atoms with Crippen molar-refractivity contribution in [3.8, 4) is 17.2 Å². The van der Waals surface area contributed by atoms with Crippen LogP contribution in [-0.4, -0.2) is 43.2 Å². The number of aromatic nitrogens is 1. The maximum atomic E-state index is 12.7. The van der Waals surface area contributed by atoms with Gasteiger partial charge in [-0.25, -0.2) is 4.98 Å². The van der Waals surface area contributed by atoms with Gasteiger partial charge in [-0.1, -0.05) is 23.5 Å². The Hall–Kier alpha value is -3.33. The lowest BCUT2D eigenvalue weighted by molar-refractivity contribution is -0.122.